The number of nitrogens with zero attached hydrogens (tertiary/aromatic N) is 3. The van der Waals surface area contributed by atoms with E-state index in [2.05, 4.69) is 31.6 Å². The maximum Gasteiger partial charge on any atom is 0.264 e. The standard InChI is InChI=1S/C39H55ClN4O6S/c1-28-7-6-15-39(49-3,27-43-19-17-42(18-20-43)21-22-45)35-13-10-32(35)25-44-16-5-4-8-30-23-34(40)12-9-33(30)26-50-37-14-11-31(24-36(37)44)38(46)41-51(47,48)29(28)2/h6,9,11-12,14-15,23-24,28-29,32,35,45H,4-5,7-8,10,13,16-22,25-27H2,1-3H3,(H,41,46)/b15-6+/t28-,29+,32-,35+,39+/m0/s1. The number of carbonyl (C=O) groups is 1. The van der Waals surface area contributed by atoms with Crippen molar-refractivity contribution in [3.05, 3.63) is 70.3 Å². The first-order valence-corrected chi connectivity index (χ1v) is 20.6. The number of rotatable bonds is 5. The maximum absolute atomic E-state index is 13.6. The normalized spacial score (nSPS) is 30.1. The smallest absolute Gasteiger partial charge is 0.264 e. The van der Waals surface area contributed by atoms with Crippen LogP contribution in [0, 0.1) is 17.8 Å². The highest BCUT2D eigenvalue weighted by molar-refractivity contribution is 7.90. The Hall–Kier alpha value is -2.67. The van der Waals surface area contributed by atoms with Crippen molar-refractivity contribution >= 4 is 33.2 Å². The molecule has 3 heterocycles. The third-order valence-corrected chi connectivity index (χ3v) is 14.1. The largest absolute Gasteiger partial charge is 0.487 e. The second kappa shape index (κ2) is 16.6. The van der Waals surface area contributed by atoms with Gasteiger partial charge in [-0.1, -0.05) is 36.7 Å². The molecule has 0 aromatic heterocycles. The lowest BCUT2D eigenvalue weighted by atomic mass is 9.63. The molecule has 4 aliphatic rings. The topological polar surface area (TPSA) is 112 Å². The highest BCUT2D eigenvalue weighted by Crippen LogP contribution is 2.47. The summed E-state index contributed by atoms with van der Waals surface area (Å²) in [6, 6.07) is 11.2. The maximum atomic E-state index is 13.6. The summed E-state index contributed by atoms with van der Waals surface area (Å²) in [6.07, 6.45) is 9.75. The lowest BCUT2D eigenvalue weighted by molar-refractivity contribution is -0.0955. The van der Waals surface area contributed by atoms with Gasteiger partial charge in [0.2, 0.25) is 10.0 Å². The van der Waals surface area contributed by atoms with Crippen LogP contribution in [0.15, 0.2) is 48.6 Å². The minimum atomic E-state index is -3.96. The highest BCUT2D eigenvalue weighted by Gasteiger charge is 2.48. The monoisotopic (exact) mass is 742 g/mol. The number of carbonyl (C=O) groups excluding carboxylic acids is 1. The zero-order chi connectivity index (χ0) is 36.2. The Morgan fingerprint density at radius 2 is 1.80 bits per heavy atom. The number of amides is 1. The molecule has 3 aliphatic heterocycles. The first-order valence-electron chi connectivity index (χ1n) is 18.7. The van der Waals surface area contributed by atoms with Crippen molar-refractivity contribution in [1.82, 2.24) is 14.5 Å². The number of aryl methyl sites for hydroxylation is 1. The molecule has 51 heavy (non-hydrogen) atoms. The number of hydrogen-bond acceptors (Lipinski definition) is 9. The number of fused-ring (bicyclic) bond motifs is 3. The zero-order valence-electron chi connectivity index (χ0n) is 30.4. The second-order valence-corrected chi connectivity index (χ2v) is 17.5. The first-order chi connectivity index (χ1) is 24.5. The van der Waals surface area contributed by atoms with Crippen LogP contribution in [0.1, 0.15) is 67.4 Å². The molecule has 2 fully saturated rings. The average molecular weight is 743 g/mol. The fourth-order valence-electron chi connectivity index (χ4n) is 8.29. The number of aliphatic hydroxyl groups excluding tert-OH is 1. The van der Waals surface area contributed by atoms with E-state index in [0.29, 0.717) is 36.3 Å². The van der Waals surface area contributed by atoms with Crippen LogP contribution in [0.4, 0.5) is 5.69 Å². The van der Waals surface area contributed by atoms with Crippen molar-refractivity contribution < 1.29 is 27.8 Å². The number of halogens is 1. The quantitative estimate of drug-likeness (QED) is 0.403. The number of hydrogen-bond donors (Lipinski definition) is 2. The predicted molar refractivity (Wildman–Crippen MR) is 202 cm³/mol. The van der Waals surface area contributed by atoms with E-state index in [-0.39, 0.29) is 24.0 Å². The van der Waals surface area contributed by atoms with Crippen LogP contribution in [-0.4, -0.2) is 106 Å². The van der Waals surface area contributed by atoms with Gasteiger partial charge in [0.1, 0.15) is 18.0 Å². The van der Waals surface area contributed by atoms with Crippen molar-refractivity contribution in [3.8, 4) is 5.75 Å². The van der Waals surface area contributed by atoms with E-state index >= 15 is 0 Å². The molecule has 0 radical (unpaired) electrons. The number of sulfonamides is 1. The molecule has 10 nitrogen and oxygen atoms in total. The summed E-state index contributed by atoms with van der Waals surface area (Å²) in [4.78, 5) is 20.7. The van der Waals surface area contributed by atoms with Crippen LogP contribution >= 0.6 is 11.6 Å². The van der Waals surface area contributed by atoms with Crippen LogP contribution in [0.2, 0.25) is 5.02 Å². The molecular weight excluding hydrogens is 688 g/mol. The minimum Gasteiger partial charge on any atom is -0.487 e. The molecule has 0 unspecified atom stereocenters. The van der Waals surface area contributed by atoms with Gasteiger partial charge in [-0.05, 0) is 105 Å². The lowest BCUT2D eigenvalue weighted by Crippen LogP contribution is -2.58. The summed E-state index contributed by atoms with van der Waals surface area (Å²) in [5.41, 5.74) is 2.80. The van der Waals surface area contributed by atoms with E-state index in [4.69, 9.17) is 21.1 Å². The van der Waals surface area contributed by atoms with Gasteiger partial charge in [0.15, 0.2) is 0 Å². The van der Waals surface area contributed by atoms with Crippen LogP contribution in [0.3, 0.4) is 0 Å². The van der Waals surface area contributed by atoms with Gasteiger partial charge in [0.05, 0.1) is 17.5 Å². The number of nitrogens with one attached hydrogen (secondary N) is 1. The van der Waals surface area contributed by atoms with Crippen LogP contribution < -0.4 is 14.4 Å². The summed E-state index contributed by atoms with van der Waals surface area (Å²) in [5, 5.41) is 9.40. The number of allylic oxidation sites excluding steroid dienone is 1. The number of anilines is 1. The molecule has 0 spiro atoms. The molecule has 2 aromatic rings. The Morgan fingerprint density at radius 1 is 1.02 bits per heavy atom. The number of benzene rings is 2. The van der Waals surface area contributed by atoms with Gasteiger partial charge >= 0.3 is 0 Å². The third kappa shape index (κ3) is 8.77. The first kappa shape index (κ1) is 38.1. The minimum absolute atomic E-state index is 0.165. The molecule has 2 bridgehead atoms. The molecular formula is C39H55ClN4O6S. The Morgan fingerprint density at radius 3 is 2.53 bits per heavy atom. The molecule has 5 atom stereocenters. The van der Waals surface area contributed by atoms with Crippen LogP contribution in [0.5, 0.6) is 5.75 Å². The average Bonchev–Trinajstić information content (AvgIpc) is 3.13. The van der Waals surface area contributed by atoms with Gasteiger partial charge in [-0.2, -0.15) is 0 Å². The summed E-state index contributed by atoms with van der Waals surface area (Å²) in [6.45, 7) is 10.7. The van der Waals surface area contributed by atoms with E-state index in [1.54, 1.807) is 13.0 Å². The zero-order valence-corrected chi connectivity index (χ0v) is 31.9. The van der Waals surface area contributed by atoms with Gasteiger partial charge in [0.25, 0.3) is 5.91 Å². The molecule has 6 rings (SSSR count). The fourth-order valence-corrected chi connectivity index (χ4v) is 9.77. The summed E-state index contributed by atoms with van der Waals surface area (Å²) >= 11 is 6.39. The number of β-amino-alcohol motifs (C(OH)–C–C–N with tert-alkyl or cyclic N) is 1. The van der Waals surface area contributed by atoms with Gasteiger partial charge in [0, 0.05) is 70.1 Å². The molecule has 2 N–H and O–H groups in total. The molecule has 280 valence electrons. The second-order valence-electron chi connectivity index (χ2n) is 15.0. The molecule has 12 heteroatoms. The van der Waals surface area contributed by atoms with Crippen LogP contribution in [0.25, 0.3) is 0 Å². The van der Waals surface area contributed by atoms with Gasteiger partial charge in [-0.25, -0.2) is 13.1 Å². The number of piperazine rings is 1. The van der Waals surface area contributed by atoms with E-state index < -0.39 is 26.8 Å². The van der Waals surface area contributed by atoms with Crippen molar-refractivity contribution in [2.75, 3.05) is 71.0 Å². The lowest BCUT2D eigenvalue weighted by Gasteiger charge is -2.52. The Bertz CT molecular complexity index is 1660. The van der Waals surface area contributed by atoms with Crippen molar-refractivity contribution in [3.63, 3.8) is 0 Å². The van der Waals surface area contributed by atoms with Crippen molar-refractivity contribution in [2.45, 2.75) is 69.8 Å². The number of aliphatic hydroxyl groups is 1. The van der Waals surface area contributed by atoms with Crippen LogP contribution in [-0.2, 0) is 27.8 Å². The van der Waals surface area contributed by atoms with Gasteiger partial charge in [-0.3, -0.25) is 14.6 Å². The molecule has 1 amide bonds. The Labute approximate surface area is 309 Å². The predicted octanol–water partition coefficient (Wildman–Crippen LogP) is 5.13. The summed E-state index contributed by atoms with van der Waals surface area (Å²) in [5.74, 6) is 0.380. The van der Waals surface area contributed by atoms with E-state index in [1.165, 1.54) is 5.56 Å². The van der Waals surface area contributed by atoms with E-state index in [0.717, 1.165) is 89.2 Å². The van der Waals surface area contributed by atoms with E-state index in [1.807, 2.05) is 44.4 Å². The van der Waals surface area contributed by atoms with Gasteiger partial charge < -0.3 is 19.5 Å². The Kier molecular flexibility index (Phi) is 12.4. The fraction of sp³-hybridized carbons (Fsp3) is 0.615. The SMILES string of the molecule is CO[C@@]1(CN2CCN(CCO)CC2)/C=C/C[C@H](C)[C@@H](C)S(=O)(=O)NC(=O)c2ccc3c(c2)N(CCCCc2cc(Cl)ccc2CO3)C[C@@H]2CC[C@H]21. The molecule has 1 saturated carbocycles. The Balaban J connectivity index is 1.37. The number of ether oxygens (including phenoxy) is 2. The molecule has 1 aliphatic carbocycles. The number of methoxy groups -OCH3 is 1. The van der Waals surface area contributed by atoms with Crippen molar-refractivity contribution in [1.29, 1.82) is 0 Å². The molecule has 1 saturated heterocycles. The summed E-state index contributed by atoms with van der Waals surface area (Å²) in [7, 11) is -2.14. The summed E-state index contributed by atoms with van der Waals surface area (Å²) < 4.78 is 42.6. The highest BCUT2D eigenvalue weighted by atomic mass is 35.5. The van der Waals surface area contributed by atoms with E-state index in [9.17, 15) is 18.3 Å². The third-order valence-electron chi connectivity index (χ3n) is 11.9. The van der Waals surface area contributed by atoms with Gasteiger partial charge in [-0.15, -0.1) is 0 Å². The van der Waals surface area contributed by atoms with Crippen molar-refractivity contribution in [2.24, 2.45) is 17.8 Å². The molecule has 2 aromatic carbocycles.